The highest BCUT2D eigenvalue weighted by Gasteiger charge is 2.38. The van der Waals surface area contributed by atoms with Crippen LogP contribution in [0.3, 0.4) is 0 Å². The third-order valence-electron chi connectivity index (χ3n) is 3.74. The summed E-state index contributed by atoms with van der Waals surface area (Å²) >= 11 is 0. The van der Waals surface area contributed by atoms with Gasteiger partial charge in [-0.2, -0.15) is 0 Å². The standard InChI is InChI=1S/C19H18N2O2/c1-2-9-16-17(20-14-10-5-3-6-11-14)19(23)21(18(16)22)15-12-7-4-8-13-15/h3-8,10-13,20H,2,9H2,1H3. The maximum absolute atomic E-state index is 12.8. The largest absolute Gasteiger partial charge is 0.351 e. The van der Waals surface area contributed by atoms with Gasteiger partial charge in [0.2, 0.25) is 0 Å². The Bertz CT molecular complexity index is 751. The van der Waals surface area contributed by atoms with E-state index in [1.54, 1.807) is 12.1 Å². The van der Waals surface area contributed by atoms with Crippen molar-refractivity contribution in [1.29, 1.82) is 0 Å². The van der Waals surface area contributed by atoms with Gasteiger partial charge in [0.25, 0.3) is 11.8 Å². The van der Waals surface area contributed by atoms with E-state index in [1.165, 1.54) is 4.90 Å². The Labute approximate surface area is 135 Å². The fourth-order valence-corrected chi connectivity index (χ4v) is 2.66. The second-order valence-corrected chi connectivity index (χ2v) is 5.38. The first-order chi connectivity index (χ1) is 11.2. The topological polar surface area (TPSA) is 49.4 Å². The van der Waals surface area contributed by atoms with Gasteiger partial charge in [0.05, 0.1) is 5.69 Å². The number of benzene rings is 2. The molecule has 0 spiro atoms. The van der Waals surface area contributed by atoms with Crippen molar-refractivity contribution < 1.29 is 9.59 Å². The lowest BCUT2D eigenvalue weighted by Gasteiger charge is -2.15. The van der Waals surface area contributed by atoms with Crippen LogP contribution in [0.25, 0.3) is 0 Å². The maximum atomic E-state index is 12.8. The van der Waals surface area contributed by atoms with Crippen LogP contribution in [0.5, 0.6) is 0 Å². The fraction of sp³-hybridized carbons (Fsp3) is 0.158. The number of rotatable bonds is 5. The van der Waals surface area contributed by atoms with E-state index in [1.807, 2.05) is 55.5 Å². The Kier molecular flexibility index (Phi) is 4.24. The summed E-state index contributed by atoms with van der Waals surface area (Å²) in [7, 11) is 0. The molecule has 4 heteroatoms. The lowest BCUT2D eigenvalue weighted by molar-refractivity contribution is -0.120. The third kappa shape index (κ3) is 2.88. The summed E-state index contributed by atoms with van der Waals surface area (Å²) in [4.78, 5) is 26.8. The summed E-state index contributed by atoms with van der Waals surface area (Å²) < 4.78 is 0. The number of imide groups is 1. The Morgan fingerprint density at radius 2 is 1.48 bits per heavy atom. The van der Waals surface area contributed by atoms with E-state index in [0.29, 0.717) is 23.4 Å². The molecule has 0 saturated heterocycles. The second kappa shape index (κ2) is 6.48. The molecule has 1 aliphatic rings. The van der Waals surface area contributed by atoms with Crippen LogP contribution in [0.4, 0.5) is 11.4 Å². The molecule has 0 fully saturated rings. The minimum atomic E-state index is -0.298. The first-order valence-electron chi connectivity index (χ1n) is 7.71. The average molecular weight is 306 g/mol. The number of nitrogens with one attached hydrogen (secondary N) is 1. The summed E-state index contributed by atoms with van der Waals surface area (Å²) in [6.07, 6.45) is 1.38. The van der Waals surface area contributed by atoms with Crippen molar-refractivity contribution in [3.8, 4) is 0 Å². The van der Waals surface area contributed by atoms with Gasteiger partial charge in [-0.25, -0.2) is 4.90 Å². The van der Waals surface area contributed by atoms with Crippen LogP contribution in [-0.4, -0.2) is 11.8 Å². The van der Waals surface area contributed by atoms with Gasteiger partial charge in [0.1, 0.15) is 5.70 Å². The summed E-state index contributed by atoms with van der Waals surface area (Å²) in [5, 5.41) is 3.12. The van der Waals surface area contributed by atoms with E-state index in [0.717, 1.165) is 12.1 Å². The van der Waals surface area contributed by atoms with E-state index < -0.39 is 0 Å². The van der Waals surface area contributed by atoms with Gasteiger partial charge in [-0.3, -0.25) is 9.59 Å². The Morgan fingerprint density at radius 1 is 0.870 bits per heavy atom. The second-order valence-electron chi connectivity index (χ2n) is 5.38. The van der Waals surface area contributed by atoms with Crippen LogP contribution < -0.4 is 10.2 Å². The quantitative estimate of drug-likeness (QED) is 0.856. The normalized spacial score (nSPS) is 14.6. The van der Waals surface area contributed by atoms with Crippen molar-refractivity contribution in [3.05, 3.63) is 71.9 Å². The van der Waals surface area contributed by atoms with Crippen molar-refractivity contribution >= 4 is 23.2 Å². The zero-order chi connectivity index (χ0) is 16.2. The Hall–Kier alpha value is -2.88. The molecule has 0 aliphatic carbocycles. The van der Waals surface area contributed by atoms with E-state index in [-0.39, 0.29) is 11.8 Å². The molecule has 0 atom stereocenters. The summed E-state index contributed by atoms with van der Waals surface area (Å²) in [5.41, 5.74) is 2.32. The van der Waals surface area contributed by atoms with Crippen molar-refractivity contribution in [1.82, 2.24) is 0 Å². The van der Waals surface area contributed by atoms with Gasteiger partial charge in [-0.15, -0.1) is 0 Å². The molecule has 0 aromatic heterocycles. The molecule has 0 saturated carbocycles. The molecule has 2 amide bonds. The van der Waals surface area contributed by atoms with Crippen LogP contribution in [0.1, 0.15) is 19.8 Å². The van der Waals surface area contributed by atoms with Crippen LogP contribution >= 0.6 is 0 Å². The summed E-state index contributed by atoms with van der Waals surface area (Å²) in [6.45, 7) is 2.00. The molecular weight excluding hydrogens is 288 g/mol. The summed E-state index contributed by atoms with van der Waals surface area (Å²) in [5.74, 6) is -0.532. The zero-order valence-electron chi connectivity index (χ0n) is 13.0. The van der Waals surface area contributed by atoms with Gasteiger partial charge >= 0.3 is 0 Å². The number of anilines is 2. The van der Waals surface area contributed by atoms with Gasteiger partial charge < -0.3 is 5.32 Å². The van der Waals surface area contributed by atoms with Crippen LogP contribution in [0.2, 0.25) is 0 Å². The third-order valence-corrected chi connectivity index (χ3v) is 3.74. The predicted molar refractivity (Wildman–Crippen MR) is 90.9 cm³/mol. The smallest absolute Gasteiger partial charge is 0.282 e. The van der Waals surface area contributed by atoms with E-state index in [2.05, 4.69) is 5.32 Å². The molecule has 2 aromatic rings. The van der Waals surface area contributed by atoms with E-state index in [4.69, 9.17) is 0 Å². The minimum Gasteiger partial charge on any atom is -0.351 e. The monoisotopic (exact) mass is 306 g/mol. The number of amides is 2. The molecule has 3 rings (SSSR count). The van der Waals surface area contributed by atoms with Crippen LogP contribution in [0.15, 0.2) is 71.9 Å². The molecule has 23 heavy (non-hydrogen) atoms. The van der Waals surface area contributed by atoms with Crippen molar-refractivity contribution in [2.45, 2.75) is 19.8 Å². The minimum absolute atomic E-state index is 0.235. The number of hydrogen-bond donors (Lipinski definition) is 1. The lowest BCUT2D eigenvalue weighted by atomic mass is 10.1. The number of carbonyl (C=O) groups excluding carboxylic acids is 2. The van der Waals surface area contributed by atoms with Gasteiger partial charge in [-0.05, 0) is 30.7 Å². The fourth-order valence-electron chi connectivity index (χ4n) is 2.66. The van der Waals surface area contributed by atoms with Crippen LogP contribution in [-0.2, 0) is 9.59 Å². The van der Waals surface area contributed by atoms with Gasteiger partial charge in [0.15, 0.2) is 0 Å². The molecule has 116 valence electrons. The summed E-state index contributed by atoms with van der Waals surface area (Å²) in [6, 6.07) is 18.5. The predicted octanol–water partition coefficient (Wildman–Crippen LogP) is 3.73. The van der Waals surface area contributed by atoms with E-state index in [9.17, 15) is 9.59 Å². The van der Waals surface area contributed by atoms with Gasteiger partial charge in [-0.1, -0.05) is 49.7 Å². The van der Waals surface area contributed by atoms with Crippen LogP contribution in [0, 0.1) is 0 Å². The zero-order valence-corrected chi connectivity index (χ0v) is 13.0. The highest BCUT2D eigenvalue weighted by Crippen LogP contribution is 2.30. The Morgan fingerprint density at radius 3 is 2.09 bits per heavy atom. The first kappa shape index (κ1) is 15.0. The lowest BCUT2D eigenvalue weighted by Crippen LogP contribution is -2.32. The molecular formula is C19H18N2O2. The Balaban J connectivity index is 1.97. The molecule has 0 bridgehead atoms. The molecule has 1 heterocycles. The van der Waals surface area contributed by atoms with Gasteiger partial charge in [0, 0.05) is 11.3 Å². The highest BCUT2D eigenvalue weighted by molar-refractivity contribution is 6.33. The number of nitrogens with zero attached hydrogens (tertiary/aromatic N) is 1. The molecule has 1 N–H and O–H groups in total. The molecule has 4 nitrogen and oxygen atoms in total. The van der Waals surface area contributed by atoms with Crippen molar-refractivity contribution in [3.63, 3.8) is 0 Å². The number of para-hydroxylation sites is 2. The maximum Gasteiger partial charge on any atom is 0.282 e. The van der Waals surface area contributed by atoms with Crippen molar-refractivity contribution in [2.75, 3.05) is 10.2 Å². The average Bonchev–Trinajstić information content (AvgIpc) is 2.81. The number of carbonyl (C=O) groups is 2. The highest BCUT2D eigenvalue weighted by atomic mass is 16.2. The number of hydrogen-bond acceptors (Lipinski definition) is 3. The van der Waals surface area contributed by atoms with E-state index >= 15 is 0 Å². The molecule has 2 aromatic carbocycles. The molecule has 0 unspecified atom stereocenters. The first-order valence-corrected chi connectivity index (χ1v) is 7.71. The van der Waals surface area contributed by atoms with Crippen molar-refractivity contribution in [2.24, 2.45) is 0 Å². The molecule has 0 radical (unpaired) electrons. The SMILES string of the molecule is CCCC1=C(Nc2ccccc2)C(=O)N(c2ccccc2)C1=O. The molecule has 1 aliphatic heterocycles.